The van der Waals surface area contributed by atoms with Crippen LogP contribution >= 0.6 is 0 Å². The van der Waals surface area contributed by atoms with Gasteiger partial charge in [-0.1, -0.05) is 18.2 Å². The molecule has 0 atom stereocenters. The first kappa shape index (κ1) is 14.6. The number of rotatable bonds is 5. The minimum absolute atomic E-state index is 0.386. The van der Waals surface area contributed by atoms with Gasteiger partial charge in [-0.2, -0.15) is 5.10 Å². The first-order chi connectivity index (χ1) is 10.3. The highest BCUT2D eigenvalue weighted by atomic mass is 16.5. The zero-order chi connectivity index (χ0) is 14.9. The summed E-state index contributed by atoms with van der Waals surface area (Å²) < 4.78 is 5.35. The third-order valence-corrected chi connectivity index (χ3v) is 2.60. The first-order valence-electron chi connectivity index (χ1n) is 6.66. The molecule has 0 aromatic heterocycles. The average molecular weight is 283 g/mol. The van der Waals surface area contributed by atoms with Gasteiger partial charge in [0.1, 0.15) is 5.75 Å². The quantitative estimate of drug-likeness (QED) is 0.653. The summed E-state index contributed by atoms with van der Waals surface area (Å²) in [4.78, 5) is 11.6. The van der Waals surface area contributed by atoms with Crippen molar-refractivity contribution >= 4 is 17.9 Å². The van der Waals surface area contributed by atoms with Crippen molar-refractivity contribution < 1.29 is 9.53 Å². The molecule has 0 radical (unpaired) electrons. The molecule has 0 bridgehead atoms. The molecule has 2 N–H and O–H groups in total. The fourth-order valence-corrected chi connectivity index (χ4v) is 1.66. The van der Waals surface area contributed by atoms with Crippen LogP contribution in [0.5, 0.6) is 5.75 Å². The Morgan fingerprint density at radius 3 is 2.52 bits per heavy atom. The fourth-order valence-electron chi connectivity index (χ4n) is 1.66. The minimum Gasteiger partial charge on any atom is -0.494 e. The van der Waals surface area contributed by atoms with Gasteiger partial charge < -0.3 is 10.1 Å². The van der Waals surface area contributed by atoms with Crippen LogP contribution in [0.4, 0.5) is 10.5 Å². The summed E-state index contributed by atoms with van der Waals surface area (Å²) in [6.07, 6.45) is 1.57. The van der Waals surface area contributed by atoms with Crippen molar-refractivity contribution in [2.24, 2.45) is 5.10 Å². The average Bonchev–Trinajstić information content (AvgIpc) is 2.50. The molecule has 2 rings (SSSR count). The van der Waals surface area contributed by atoms with Crippen molar-refractivity contribution in [2.45, 2.75) is 6.92 Å². The summed E-state index contributed by atoms with van der Waals surface area (Å²) in [6.45, 7) is 2.57. The summed E-state index contributed by atoms with van der Waals surface area (Å²) in [5.74, 6) is 0.810. The van der Waals surface area contributed by atoms with E-state index in [1.165, 1.54) is 0 Å². The molecule has 0 spiro atoms. The number of para-hydroxylation sites is 1. The first-order valence-corrected chi connectivity index (χ1v) is 6.66. The second-order valence-electron chi connectivity index (χ2n) is 4.19. The van der Waals surface area contributed by atoms with E-state index in [0.29, 0.717) is 12.3 Å². The number of nitrogens with one attached hydrogen (secondary N) is 2. The molecule has 2 aromatic rings. The molecule has 5 heteroatoms. The Hall–Kier alpha value is -2.82. The molecule has 21 heavy (non-hydrogen) atoms. The van der Waals surface area contributed by atoms with Crippen LogP contribution in [0, 0.1) is 0 Å². The van der Waals surface area contributed by atoms with E-state index in [4.69, 9.17) is 4.74 Å². The minimum atomic E-state index is -0.386. The van der Waals surface area contributed by atoms with Gasteiger partial charge in [0, 0.05) is 5.69 Å². The lowest BCUT2D eigenvalue weighted by atomic mass is 10.2. The number of hydrogen-bond donors (Lipinski definition) is 2. The van der Waals surface area contributed by atoms with E-state index in [2.05, 4.69) is 15.8 Å². The lowest BCUT2D eigenvalue weighted by Crippen LogP contribution is -2.24. The number of hydrazone groups is 1. The van der Waals surface area contributed by atoms with Crippen LogP contribution in [0.15, 0.2) is 59.7 Å². The van der Waals surface area contributed by atoms with Gasteiger partial charge in [0.05, 0.1) is 12.8 Å². The zero-order valence-corrected chi connectivity index (χ0v) is 11.7. The number of nitrogens with zero attached hydrogens (tertiary/aromatic N) is 1. The van der Waals surface area contributed by atoms with Crippen LogP contribution in [-0.4, -0.2) is 18.9 Å². The molecule has 0 heterocycles. The topological polar surface area (TPSA) is 62.7 Å². The Labute approximate surface area is 123 Å². The largest absolute Gasteiger partial charge is 0.494 e. The second kappa shape index (κ2) is 7.69. The van der Waals surface area contributed by atoms with E-state index in [1.54, 1.807) is 18.3 Å². The van der Waals surface area contributed by atoms with Crippen LogP contribution < -0.4 is 15.5 Å². The monoisotopic (exact) mass is 283 g/mol. The normalized spacial score (nSPS) is 10.3. The van der Waals surface area contributed by atoms with Crippen LogP contribution in [0.3, 0.4) is 0 Å². The third kappa shape index (κ3) is 4.99. The summed E-state index contributed by atoms with van der Waals surface area (Å²) in [7, 11) is 0. The Kier molecular flexibility index (Phi) is 5.34. The Morgan fingerprint density at radius 1 is 1.14 bits per heavy atom. The van der Waals surface area contributed by atoms with E-state index < -0.39 is 0 Å². The number of ether oxygens (including phenoxy) is 1. The number of urea groups is 1. The third-order valence-electron chi connectivity index (χ3n) is 2.60. The molecular formula is C16H17N3O2. The van der Waals surface area contributed by atoms with E-state index in [9.17, 15) is 4.79 Å². The lowest BCUT2D eigenvalue weighted by Gasteiger charge is -2.03. The summed E-state index contributed by atoms with van der Waals surface area (Å²) in [6, 6.07) is 16.2. The van der Waals surface area contributed by atoms with Gasteiger partial charge in [0.15, 0.2) is 0 Å². The molecule has 0 unspecified atom stereocenters. The maximum absolute atomic E-state index is 11.6. The van der Waals surface area contributed by atoms with Gasteiger partial charge in [-0.25, -0.2) is 10.2 Å². The molecule has 0 fully saturated rings. The standard InChI is InChI=1S/C16H17N3O2/c1-2-21-15-10-8-13(9-11-15)12-17-19-16(20)18-14-6-4-3-5-7-14/h3-12H,2H2,1H3,(H2,18,19,20)/b17-12+. The molecule has 0 aliphatic carbocycles. The predicted octanol–water partition coefficient (Wildman–Crippen LogP) is 3.24. The van der Waals surface area contributed by atoms with Crippen molar-refractivity contribution in [3.63, 3.8) is 0 Å². The summed E-state index contributed by atoms with van der Waals surface area (Å²) >= 11 is 0. The lowest BCUT2D eigenvalue weighted by molar-refractivity contribution is 0.252. The highest BCUT2D eigenvalue weighted by molar-refractivity contribution is 5.90. The van der Waals surface area contributed by atoms with Crippen molar-refractivity contribution in [3.05, 3.63) is 60.2 Å². The van der Waals surface area contributed by atoms with Crippen molar-refractivity contribution in [3.8, 4) is 5.75 Å². The number of anilines is 1. The van der Waals surface area contributed by atoms with E-state index in [1.807, 2.05) is 49.4 Å². The molecular weight excluding hydrogens is 266 g/mol. The smallest absolute Gasteiger partial charge is 0.339 e. The van der Waals surface area contributed by atoms with Gasteiger partial charge in [0.25, 0.3) is 0 Å². The Bertz CT molecular complexity index is 595. The van der Waals surface area contributed by atoms with Crippen LogP contribution in [0.1, 0.15) is 12.5 Å². The van der Waals surface area contributed by atoms with Gasteiger partial charge in [-0.3, -0.25) is 0 Å². The van der Waals surface area contributed by atoms with Gasteiger partial charge in [-0.05, 0) is 48.9 Å². The SMILES string of the molecule is CCOc1ccc(/C=N/NC(=O)Nc2ccccc2)cc1. The summed E-state index contributed by atoms with van der Waals surface area (Å²) in [5, 5.41) is 6.56. The zero-order valence-electron chi connectivity index (χ0n) is 11.7. The number of amides is 2. The van der Waals surface area contributed by atoms with Gasteiger partial charge >= 0.3 is 6.03 Å². The molecule has 5 nitrogen and oxygen atoms in total. The van der Waals surface area contributed by atoms with E-state index in [0.717, 1.165) is 11.3 Å². The predicted molar refractivity (Wildman–Crippen MR) is 83.8 cm³/mol. The molecule has 0 aliphatic rings. The molecule has 0 saturated heterocycles. The van der Waals surface area contributed by atoms with E-state index in [-0.39, 0.29) is 6.03 Å². The van der Waals surface area contributed by atoms with E-state index >= 15 is 0 Å². The molecule has 2 amide bonds. The highest BCUT2D eigenvalue weighted by Crippen LogP contribution is 2.10. The maximum atomic E-state index is 11.6. The summed E-state index contributed by atoms with van der Waals surface area (Å²) in [5.41, 5.74) is 4.00. The molecule has 0 saturated carbocycles. The fraction of sp³-hybridized carbons (Fsp3) is 0.125. The number of benzene rings is 2. The van der Waals surface area contributed by atoms with Crippen LogP contribution in [0.25, 0.3) is 0 Å². The maximum Gasteiger partial charge on any atom is 0.339 e. The Morgan fingerprint density at radius 2 is 1.86 bits per heavy atom. The van der Waals surface area contributed by atoms with Gasteiger partial charge in [0.2, 0.25) is 0 Å². The van der Waals surface area contributed by atoms with Crippen LogP contribution in [0.2, 0.25) is 0 Å². The molecule has 0 aliphatic heterocycles. The molecule has 2 aromatic carbocycles. The molecule has 108 valence electrons. The number of carbonyl (C=O) groups excluding carboxylic acids is 1. The highest BCUT2D eigenvalue weighted by Gasteiger charge is 1.98. The number of hydrogen-bond acceptors (Lipinski definition) is 3. The number of carbonyl (C=O) groups is 1. The van der Waals surface area contributed by atoms with Crippen molar-refractivity contribution in [2.75, 3.05) is 11.9 Å². The Balaban J connectivity index is 1.83. The van der Waals surface area contributed by atoms with Gasteiger partial charge in [-0.15, -0.1) is 0 Å². The van der Waals surface area contributed by atoms with Crippen LogP contribution in [-0.2, 0) is 0 Å². The van der Waals surface area contributed by atoms with Crippen molar-refractivity contribution in [1.82, 2.24) is 5.43 Å². The van der Waals surface area contributed by atoms with Crippen molar-refractivity contribution in [1.29, 1.82) is 0 Å². The second-order valence-corrected chi connectivity index (χ2v) is 4.19.